The fourth-order valence-electron chi connectivity index (χ4n) is 3.59. The SMILES string of the molecule is COc1ccccc1C1=C(Nc2cccc(Cl)c2C)C(=O)N(Cc2ccc(Cl)cc2)C1=O. The molecule has 0 saturated carbocycles. The van der Waals surface area contributed by atoms with Crippen molar-refractivity contribution in [3.05, 3.63) is 99.2 Å². The van der Waals surface area contributed by atoms with E-state index in [1.807, 2.05) is 19.1 Å². The molecule has 1 N–H and O–H groups in total. The van der Waals surface area contributed by atoms with E-state index in [1.54, 1.807) is 54.6 Å². The number of anilines is 1. The first-order valence-corrected chi connectivity index (χ1v) is 10.7. The van der Waals surface area contributed by atoms with E-state index in [-0.39, 0.29) is 17.8 Å². The number of nitrogens with one attached hydrogen (secondary N) is 1. The normalized spacial score (nSPS) is 13.7. The highest BCUT2D eigenvalue weighted by molar-refractivity contribution is 6.37. The van der Waals surface area contributed by atoms with E-state index in [4.69, 9.17) is 27.9 Å². The number of ether oxygens (including phenoxy) is 1. The van der Waals surface area contributed by atoms with E-state index in [9.17, 15) is 9.59 Å². The zero-order valence-electron chi connectivity index (χ0n) is 17.5. The summed E-state index contributed by atoms with van der Waals surface area (Å²) in [7, 11) is 1.53. The van der Waals surface area contributed by atoms with Crippen LogP contribution in [-0.2, 0) is 16.1 Å². The van der Waals surface area contributed by atoms with Gasteiger partial charge in [0.2, 0.25) is 0 Å². The number of hydrogen-bond acceptors (Lipinski definition) is 4. The Bertz CT molecular complexity index is 1240. The van der Waals surface area contributed by atoms with Crippen molar-refractivity contribution in [2.45, 2.75) is 13.5 Å². The summed E-state index contributed by atoms with van der Waals surface area (Å²) in [6.45, 7) is 1.97. The molecule has 0 aromatic heterocycles. The third-order valence-corrected chi connectivity index (χ3v) is 5.99. The second-order valence-corrected chi connectivity index (χ2v) is 8.15. The zero-order chi connectivity index (χ0) is 22.8. The molecule has 4 rings (SSSR count). The second-order valence-electron chi connectivity index (χ2n) is 7.31. The van der Waals surface area contributed by atoms with Gasteiger partial charge in [-0.15, -0.1) is 0 Å². The fraction of sp³-hybridized carbons (Fsp3) is 0.120. The van der Waals surface area contributed by atoms with Gasteiger partial charge in [0.15, 0.2) is 0 Å². The van der Waals surface area contributed by atoms with Crippen molar-refractivity contribution in [3.63, 3.8) is 0 Å². The molecule has 0 bridgehead atoms. The Labute approximate surface area is 196 Å². The minimum atomic E-state index is -0.426. The number of rotatable bonds is 6. The molecular formula is C25H20Cl2N2O3. The molecule has 0 radical (unpaired) electrons. The Balaban J connectivity index is 1.80. The zero-order valence-corrected chi connectivity index (χ0v) is 19.0. The van der Waals surface area contributed by atoms with Crippen LogP contribution in [0, 0.1) is 6.92 Å². The van der Waals surface area contributed by atoms with Crippen molar-refractivity contribution >= 4 is 46.3 Å². The summed E-state index contributed by atoms with van der Waals surface area (Å²) in [5, 5.41) is 4.30. The van der Waals surface area contributed by atoms with Crippen LogP contribution in [0.3, 0.4) is 0 Å². The average molecular weight is 467 g/mol. The Kier molecular flexibility index (Phi) is 6.21. The van der Waals surface area contributed by atoms with Crippen LogP contribution < -0.4 is 10.1 Å². The molecule has 1 heterocycles. The maximum Gasteiger partial charge on any atom is 0.278 e. The summed E-state index contributed by atoms with van der Waals surface area (Å²) in [5.41, 5.74) is 3.18. The number of carbonyl (C=O) groups is 2. The van der Waals surface area contributed by atoms with Gasteiger partial charge < -0.3 is 10.1 Å². The third kappa shape index (κ3) is 4.09. The number of carbonyl (C=O) groups excluding carboxylic acids is 2. The summed E-state index contributed by atoms with van der Waals surface area (Å²) in [6, 6.07) is 19.5. The molecule has 0 aliphatic carbocycles. The van der Waals surface area contributed by atoms with Crippen molar-refractivity contribution in [2.75, 3.05) is 12.4 Å². The maximum absolute atomic E-state index is 13.5. The minimum absolute atomic E-state index is 0.118. The Hall–Kier alpha value is -3.28. The summed E-state index contributed by atoms with van der Waals surface area (Å²) in [4.78, 5) is 28.2. The number of hydrogen-bond donors (Lipinski definition) is 1. The van der Waals surface area contributed by atoms with Gasteiger partial charge >= 0.3 is 0 Å². The molecule has 0 spiro atoms. The molecule has 2 amide bonds. The predicted octanol–water partition coefficient (Wildman–Crippen LogP) is 5.70. The van der Waals surface area contributed by atoms with Gasteiger partial charge in [-0.1, -0.05) is 59.6 Å². The summed E-state index contributed by atoms with van der Waals surface area (Å²) >= 11 is 12.2. The van der Waals surface area contributed by atoms with E-state index >= 15 is 0 Å². The van der Waals surface area contributed by atoms with Crippen LogP contribution in [0.1, 0.15) is 16.7 Å². The molecule has 5 nitrogen and oxygen atoms in total. The van der Waals surface area contributed by atoms with Gasteiger partial charge in [0, 0.05) is 21.3 Å². The topological polar surface area (TPSA) is 58.6 Å². The molecular weight excluding hydrogens is 447 g/mol. The van der Waals surface area contributed by atoms with E-state index < -0.39 is 11.8 Å². The highest BCUT2D eigenvalue weighted by atomic mass is 35.5. The lowest BCUT2D eigenvalue weighted by atomic mass is 10.0. The first-order chi connectivity index (χ1) is 15.4. The molecule has 1 aliphatic heterocycles. The second kappa shape index (κ2) is 9.07. The quantitative estimate of drug-likeness (QED) is 0.473. The van der Waals surface area contributed by atoms with E-state index in [2.05, 4.69) is 5.32 Å². The standard InChI is InChI=1S/C25H20Cl2N2O3/c1-15-19(27)7-5-8-20(15)28-23-22(18-6-3-4-9-21(18)32-2)24(30)29(25(23)31)14-16-10-12-17(26)13-11-16/h3-13,28H,14H2,1-2H3. The van der Waals surface area contributed by atoms with Gasteiger partial charge in [0.05, 0.1) is 19.2 Å². The Morgan fingerprint density at radius 3 is 2.34 bits per heavy atom. The highest BCUT2D eigenvalue weighted by Gasteiger charge is 2.40. The highest BCUT2D eigenvalue weighted by Crippen LogP contribution is 2.36. The van der Waals surface area contributed by atoms with Crippen LogP contribution >= 0.6 is 23.2 Å². The molecule has 3 aromatic rings. The lowest BCUT2D eigenvalue weighted by Gasteiger charge is -2.16. The lowest BCUT2D eigenvalue weighted by molar-refractivity contribution is -0.137. The Morgan fingerprint density at radius 1 is 0.906 bits per heavy atom. The number of benzene rings is 3. The van der Waals surface area contributed by atoms with Crippen molar-refractivity contribution in [1.29, 1.82) is 0 Å². The van der Waals surface area contributed by atoms with Gasteiger partial charge in [-0.05, 0) is 48.4 Å². The summed E-state index contributed by atoms with van der Waals surface area (Å²) in [6.07, 6.45) is 0. The van der Waals surface area contributed by atoms with Gasteiger partial charge in [-0.25, -0.2) is 0 Å². The number of para-hydroxylation sites is 1. The molecule has 162 valence electrons. The van der Waals surface area contributed by atoms with Crippen LogP contribution in [-0.4, -0.2) is 23.8 Å². The maximum atomic E-state index is 13.5. The third-order valence-electron chi connectivity index (χ3n) is 5.33. The fourth-order valence-corrected chi connectivity index (χ4v) is 3.89. The molecule has 0 unspecified atom stereocenters. The predicted molar refractivity (Wildman–Crippen MR) is 127 cm³/mol. The smallest absolute Gasteiger partial charge is 0.278 e. The molecule has 0 saturated heterocycles. The molecule has 3 aromatic carbocycles. The van der Waals surface area contributed by atoms with Crippen molar-refractivity contribution in [3.8, 4) is 5.75 Å². The minimum Gasteiger partial charge on any atom is -0.496 e. The first-order valence-electron chi connectivity index (χ1n) is 9.91. The van der Waals surface area contributed by atoms with Gasteiger partial charge in [0.1, 0.15) is 11.4 Å². The molecule has 1 aliphatic rings. The number of nitrogens with zero attached hydrogens (tertiary/aromatic N) is 1. The van der Waals surface area contributed by atoms with Crippen LogP contribution in [0.25, 0.3) is 5.57 Å². The summed E-state index contributed by atoms with van der Waals surface area (Å²) in [5.74, 6) is -0.332. The van der Waals surface area contributed by atoms with Crippen LogP contribution in [0.2, 0.25) is 10.0 Å². The molecule has 7 heteroatoms. The van der Waals surface area contributed by atoms with Crippen LogP contribution in [0.15, 0.2) is 72.4 Å². The van der Waals surface area contributed by atoms with Crippen molar-refractivity contribution in [2.24, 2.45) is 0 Å². The first kappa shape index (κ1) is 21.9. The van der Waals surface area contributed by atoms with Crippen LogP contribution in [0.4, 0.5) is 5.69 Å². The van der Waals surface area contributed by atoms with Crippen LogP contribution in [0.5, 0.6) is 5.75 Å². The van der Waals surface area contributed by atoms with E-state index in [0.29, 0.717) is 27.0 Å². The van der Waals surface area contributed by atoms with E-state index in [0.717, 1.165) is 11.1 Å². The van der Waals surface area contributed by atoms with Gasteiger partial charge in [-0.3, -0.25) is 14.5 Å². The monoisotopic (exact) mass is 466 g/mol. The number of methoxy groups -OCH3 is 1. The largest absolute Gasteiger partial charge is 0.496 e. The lowest BCUT2D eigenvalue weighted by Crippen LogP contribution is -2.32. The number of imide groups is 1. The van der Waals surface area contributed by atoms with Crippen molar-refractivity contribution < 1.29 is 14.3 Å². The van der Waals surface area contributed by atoms with Gasteiger partial charge in [0.25, 0.3) is 11.8 Å². The number of amides is 2. The summed E-state index contributed by atoms with van der Waals surface area (Å²) < 4.78 is 5.47. The Morgan fingerprint density at radius 2 is 1.62 bits per heavy atom. The number of halogens is 2. The van der Waals surface area contributed by atoms with Gasteiger partial charge in [-0.2, -0.15) is 0 Å². The molecule has 0 atom stereocenters. The average Bonchev–Trinajstić information content (AvgIpc) is 3.02. The molecule has 0 fully saturated rings. The molecule has 32 heavy (non-hydrogen) atoms. The van der Waals surface area contributed by atoms with E-state index in [1.165, 1.54) is 12.0 Å². The van der Waals surface area contributed by atoms with Crippen molar-refractivity contribution in [1.82, 2.24) is 4.90 Å².